The van der Waals surface area contributed by atoms with Gasteiger partial charge in [0.1, 0.15) is 5.69 Å². The highest BCUT2D eigenvalue weighted by atomic mass is 32.2. The van der Waals surface area contributed by atoms with Gasteiger partial charge in [0.25, 0.3) is 0 Å². The number of aromatic nitrogens is 5. The summed E-state index contributed by atoms with van der Waals surface area (Å²) in [6.45, 7) is 1.86. The normalized spacial score (nSPS) is 19.5. The number of imidazole rings is 1. The van der Waals surface area contributed by atoms with E-state index in [0.29, 0.717) is 18.1 Å². The number of nitrogens with zero attached hydrogens (tertiary/aromatic N) is 5. The van der Waals surface area contributed by atoms with Crippen molar-refractivity contribution in [1.29, 1.82) is 0 Å². The predicted molar refractivity (Wildman–Crippen MR) is 87.0 cm³/mol. The second kappa shape index (κ2) is 6.00. The first-order valence-corrected chi connectivity index (χ1v) is 9.47. The molecule has 1 aliphatic heterocycles. The molecule has 24 heavy (non-hydrogen) atoms. The predicted octanol–water partition coefficient (Wildman–Crippen LogP) is -0.365. The van der Waals surface area contributed by atoms with E-state index in [2.05, 4.69) is 20.4 Å². The molecule has 0 radical (unpaired) electrons. The van der Waals surface area contributed by atoms with Gasteiger partial charge in [0.2, 0.25) is 5.91 Å². The molecule has 2 aromatic heterocycles. The molecule has 1 N–H and O–H groups in total. The zero-order valence-electron chi connectivity index (χ0n) is 13.9. The summed E-state index contributed by atoms with van der Waals surface area (Å²) in [6, 6.07) is -0.273. The number of rotatable bonds is 4. The quantitative estimate of drug-likeness (QED) is 0.804. The minimum absolute atomic E-state index is 0.0413. The summed E-state index contributed by atoms with van der Waals surface area (Å²) >= 11 is 0. The maximum absolute atomic E-state index is 11.8. The Labute approximate surface area is 140 Å². The van der Waals surface area contributed by atoms with E-state index in [0.717, 1.165) is 11.4 Å². The van der Waals surface area contributed by atoms with Crippen molar-refractivity contribution in [2.75, 3.05) is 18.6 Å². The monoisotopic (exact) mass is 352 g/mol. The minimum Gasteiger partial charge on any atom is -0.359 e. The van der Waals surface area contributed by atoms with Gasteiger partial charge >= 0.3 is 0 Å². The molecular weight excluding hydrogens is 332 g/mol. The lowest BCUT2D eigenvalue weighted by Gasteiger charge is -2.12. The number of hydrogen-bond acceptors (Lipinski definition) is 6. The molecule has 130 valence electrons. The number of carbonyl (C=O) groups excluding carboxylic acids is 1. The fraction of sp³-hybridized carbons (Fsp3) is 0.571. The molecule has 3 heterocycles. The summed E-state index contributed by atoms with van der Waals surface area (Å²) in [6.07, 6.45) is 2.22. The van der Waals surface area contributed by atoms with E-state index >= 15 is 0 Å². The number of nitrogens with one attached hydrogen (secondary N) is 1. The SMILES string of the molecule is CNC(=O)Cc1nc(-c2c(C)ncn2C)n(C2CCS(=O)(=O)C2)n1. The second-order valence-electron chi connectivity index (χ2n) is 5.99. The minimum atomic E-state index is -3.06. The van der Waals surface area contributed by atoms with Crippen LogP contribution >= 0.6 is 0 Å². The average molecular weight is 352 g/mol. The van der Waals surface area contributed by atoms with Crippen LogP contribution in [0.15, 0.2) is 6.33 Å². The molecule has 0 aromatic carbocycles. The number of sulfone groups is 1. The van der Waals surface area contributed by atoms with E-state index in [1.165, 1.54) is 0 Å². The van der Waals surface area contributed by atoms with Crippen LogP contribution in [0, 0.1) is 6.92 Å². The van der Waals surface area contributed by atoms with Crippen molar-refractivity contribution in [3.05, 3.63) is 17.8 Å². The Morgan fingerprint density at radius 3 is 2.75 bits per heavy atom. The lowest BCUT2D eigenvalue weighted by molar-refractivity contribution is -0.120. The van der Waals surface area contributed by atoms with E-state index in [-0.39, 0.29) is 29.9 Å². The van der Waals surface area contributed by atoms with Gasteiger partial charge in [-0.15, -0.1) is 0 Å². The largest absolute Gasteiger partial charge is 0.359 e. The van der Waals surface area contributed by atoms with E-state index < -0.39 is 9.84 Å². The summed E-state index contributed by atoms with van der Waals surface area (Å²) in [5, 5.41) is 6.96. The highest BCUT2D eigenvalue weighted by Gasteiger charge is 2.33. The molecule has 2 aromatic rings. The Hall–Kier alpha value is -2.23. The van der Waals surface area contributed by atoms with Gasteiger partial charge in [0.15, 0.2) is 21.5 Å². The number of amides is 1. The summed E-state index contributed by atoms with van der Waals surface area (Å²) in [5.74, 6) is 0.911. The van der Waals surface area contributed by atoms with Gasteiger partial charge in [0, 0.05) is 14.1 Å². The molecule has 1 atom stereocenters. The van der Waals surface area contributed by atoms with Crippen molar-refractivity contribution < 1.29 is 13.2 Å². The number of hydrogen-bond donors (Lipinski definition) is 1. The molecular formula is C14H20N6O3S. The van der Waals surface area contributed by atoms with Crippen LogP contribution in [0.25, 0.3) is 11.5 Å². The first-order valence-electron chi connectivity index (χ1n) is 7.65. The van der Waals surface area contributed by atoms with E-state index in [4.69, 9.17) is 0 Å². The molecule has 1 fully saturated rings. The molecule has 0 saturated carbocycles. The van der Waals surface area contributed by atoms with Crippen LogP contribution in [0.1, 0.15) is 24.0 Å². The Balaban J connectivity index is 2.07. The Morgan fingerprint density at radius 2 is 2.21 bits per heavy atom. The third kappa shape index (κ3) is 3.05. The maximum atomic E-state index is 11.8. The Morgan fingerprint density at radius 1 is 1.46 bits per heavy atom. The van der Waals surface area contributed by atoms with Crippen molar-refractivity contribution in [2.24, 2.45) is 7.05 Å². The van der Waals surface area contributed by atoms with Crippen molar-refractivity contribution in [1.82, 2.24) is 29.6 Å². The molecule has 0 bridgehead atoms. The lowest BCUT2D eigenvalue weighted by atomic mass is 10.2. The van der Waals surface area contributed by atoms with Gasteiger partial charge in [-0.1, -0.05) is 0 Å². The van der Waals surface area contributed by atoms with Crippen LogP contribution in [0.2, 0.25) is 0 Å². The van der Waals surface area contributed by atoms with Crippen LogP contribution < -0.4 is 5.32 Å². The third-order valence-electron chi connectivity index (χ3n) is 4.16. The van der Waals surface area contributed by atoms with E-state index in [1.807, 2.05) is 18.5 Å². The van der Waals surface area contributed by atoms with Crippen molar-refractivity contribution >= 4 is 15.7 Å². The van der Waals surface area contributed by atoms with Crippen LogP contribution in [0.3, 0.4) is 0 Å². The topological polar surface area (TPSA) is 112 Å². The molecule has 1 amide bonds. The zero-order valence-corrected chi connectivity index (χ0v) is 14.7. The highest BCUT2D eigenvalue weighted by Crippen LogP contribution is 2.29. The molecule has 1 unspecified atom stereocenters. The van der Waals surface area contributed by atoms with Crippen LogP contribution in [0.5, 0.6) is 0 Å². The van der Waals surface area contributed by atoms with Gasteiger partial charge in [-0.25, -0.2) is 23.1 Å². The molecule has 10 heteroatoms. The first kappa shape index (κ1) is 16.6. The molecule has 9 nitrogen and oxygen atoms in total. The molecule has 0 aliphatic carbocycles. The van der Waals surface area contributed by atoms with Gasteiger partial charge in [-0.2, -0.15) is 5.10 Å². The Kier molecular flexibility index (Phi) is 4.16. The standard InChI is InChI=1S/C14H20N6O3S/c1-9-13(19(3)8-16-9)14-17-11(6-12(21)15-2)18-20(14)10-4-5-24(22,23)7-10/h8,10H,4-7H2,1-3H3,(H,15,21). The van der Waals surface area contributed by atoms with Crippen LogP contribution in [-0.2, 0) is 28.1 Å². The highest BCUT2D eigenvalue weighted by molar-refractivity contribution is 7.91. The average Bonchev–Trinajstić information content (AvgIpc) is 3.17. The van der Waals surface area contributed by atoms with Crippen LogP contribution in [-0.4, -0.2) is 57.2 Å². The van der Waals surface area contributed by atoms with E-state index in [1.54, 1.807) is 18.1 Å². The summed E-state index contributed by atoms with van der Waals surface area (Å²) in [7, 11) is 0.338. The Bertz CT molecular complexity index is 863. The zero-order chi connectivity index (χ0) is 17.5. The van der Waals surface area contributed by atoms with Crippen molar-refractivity contribution in [2.45, 2.75) is 25.8 Å². The van der Waals surface area contributed by atoms with Gasteiger partial charge < -0.3 is 9.88 Å². The molecule has 1 aliphatic rings. The van der Waals surface area contributed by atoms with E-state index in [9.17, 15) is 13.2 Å². The number of aryl methyl sites for hydroxylation is 2. The second-order valence-corrected chi connectivity index (χ2v) is 8.22. The number of likely N-dealkylation sites (N-methyl/N-ethyl adjacent to an activating group) is 1. The third-order valence-corrected chi connectivity index (χ3v) is 5.91. The smallest absolute Gasteiger partial charge is 0.227 e. The fourth-order valence-electron chi connectivity index (χ4n) is 2.93. The lowest BCUT2D eigenvalue weighted by Crippen LogP contribution is -2.21. The van der Waals surface area contributed by atoms with Gasteiger partial charge in [-0.05, 0) is 13.3 Å². The molecule has 0 spiro atoms. The fourth-order valence-corrected chi connectivity index (χ4v) is 4.62. The van der Waals surface area contributed by atoms with Crippen molar-refractivity contribution in [3.8, 4) is 11.5 Å². The molecule has 3 rings (SSSR count). The van der Waals surface area contributed by atoms with Crippen molar-refractivity contribution in [3.63, 3.8) is 0 Å². The summed E-state index contributed by atoms with van der Waals surface area (Å²) in [5.41, 5.74) is 1.55. The summed E-state index contributed by atoms with van der Waals surface area (Å²) < 4.78 is 27.1. The van der Waals surface area contributed by atoms with Gasteiger partial charge in [0.05, 0.1) is 36.0 Å². The molecule has 1 saturated heterocycles. The summed E-state index contributed by atoms with van der Waals surface area (Å²) in [4.78, 5) is 20.4. The first-order chi connectivity index (χ1) is 11.3. The number of carbonyl (C=O) groups is 1. The van der Waals surface area contributed by atoms with Gasteiger partial charge in [-0.3, -0.25) is 4.79 Å². The van der Waals surface area contributed by atoms with Crippen LogP contribution in [0.4, 0.5) is 0 Å². The maximum Gasteiger partial charge on any atom is 0.227 e.